The van der Waals surface area contributed by atoms with Crippen LogP contribution in [-0.4, -0.2) is 35.7 Å². The van der Waals surface area contributed by atoms with Crippen LogP contribution in [0.2, 0.25) is 0 Å². The zero-order valence-corrected chi connectivity index (χ0v) is 18.7. The second kappa shape index (κ2) is 8.78. The lowest BCUT2D eigenvalue weighted by Gasteiger charge is -2.23. The molecule has 2 heterocycles. The minimum atomic E-state index is 0.0371. The number of rotatable bonds is 6. The summed E-state index contributed by atoms with van der Waals surface area (Å²) < 4.78 is 18.3. The van der Waals surface area contributed by atoms with Crippen molar-refractivity contribution in [2.45, 2.75) is 19.1 Å². The molecule has 0 amide bonds. The Kier molecular flexibility index (Phi) is 5.92. The molecule has 4 rings (SSSR count). The van der Waals surface area contributed by atoms with Gasteiger partial charge in [-0.05, 0) is 55.8 Å². The fraction of sp³-hybridized carbons (Fsp3) is 0.250. The average Bonchev–Trinajstić information content (AvgIpc) is 3.13. The Bertz CT molecular complexity index is 1180. The van der Waals surface area contributed by atoms with Crippen LogP contribution in [0.1, 0.15) is 29.0 Å². The summed E-state index contributed by atoms with van der Waals surface area (Å²) in [6.07, 6.45) is 5.32. The Morgan fingerprint density at radius 3 is 2.52 bits per heavy atom. The summed E-state index contributed by atoms with van der Waals surface area (Å²) >= 11 is 1.70. The first-order valence-electron chi connectivity index (χ1n) is 9.75. The molecule has 1 aliphatic heterocycles. The van der Waals surface area contributed by atoms with Gasteiger partial charge in [-0.2, -0.15) is 5.10 Å². The van der Waals surface area contributed by atoms with Gasteiger partial charge in [-0.15, -0.1) is 6.42 Å². The monoisotopic (exact) mass is 433 g/mol. The number of aliphatic imine (C=N–C) groups is 1. The second-order valence-electron chi connectivity index (χ2n) is 6.96. The first kappa shape index (κ1) is 20.9. The van der Waals surface area contributed by atoms with Crippen molar-refractivity contribution < 1.29 is 14.2 Å². The summed E-state index contributed by atoms with van der Waals surface area (Å²) in [5.41, 5.74) is 4.04. The quantitative estimate of drug-likeness (QED) is 0.507. The number of hydrogen-bond acceptors (Lipinski definition) is 6. The highest BCUT2D eigenvalue weighted by atomic mass is 32.2. The smallest absolute Gasteiger partial charge is 0.162 e. The molecule has 3 aromatic rings. The summed E-state index contributed by atoms with van der Waals surface area (Å²) in [7, 11) is 3.28. The van der Waals surface area contributed by atoms with Crippen LogP contribution in [0.3, 0.4) is 0 Å². The molecule has 0 saturated carbocycles. The molecule has 1 aliphatic rings. The van der Waals surface area contributed by atoms with E-state index in [2.05, 4.69) is 5.92 Å². The lowest BCUT2D eigenvalue weighted by Crippen LogP contribution is -2.07. The molecule has 0 aliphatic carbocycles. The van der Waals surface area contributed by atoms with Crippen LogP contribution >= 0.6 is 11.8 Å². The van der Waals surface area contributed by atoms with E-state index >= 15 is 0 Å². The molecular formula is C24H23N3O3S. The van der Waals surface area contributed by atoms with Gasteiger partial charge >= 0.3 is 0 Å². The van der Waals surface area contributed by atoms with Gasteiger partial charge in [-0.3, -0.25) is 0 Å². The van der Waals surface area contributed by atoms with Crippen LogP contribution in [-0.2, 0) is 0 Å². The average molecular weight is 434 g/mol. The minimum Gasteiger partial charge on any atom is -0.497 e. The molecule has 7 heteroatoms. The third-order valence-corrected chi connectivity index (χ3v) is 6.19. The molecule has 1 atom stereocenters. The molecule has 1 aromatic heterocycles. The number of aryl methyl sites for hydroxylation is 1. The van der Waals surface area contributed by atoms with E-state index in [-0.39, 0.29) is 11.9 Å². The zero-order valence-electron chi connectivity index (χ0n) is 17.9. The molecule has 0 bridgehead atoms. The second-order valence-corrected chi connectivity index (χ2v) is 8.26. The van der Waals surface area contributed by atoms with Crippen molar-refractivity contribution in [3.63, 3.8) is 0 Å². The maximum Gasteiger partial charge on any atom is 0.162 e. The van der Waals surface area contributed by atoms with Crippen molar-refractivity contribution in [1.29, 1.82) is 0 Å². The fourth-order valence-corrected chi connectivity index (χ4v) is 4.73. The predicted octanol–water partition coefficient (Wildman–Crippen LogP) is 5.10. The Hall–Kier alpha value is -3.37. The molecule has 0 saturated heterocycles. The van der Waals surface area contributed by atoms with E-state index in [1.807, 2.05) is 61.0 Å². The molecule has 0 spiro atoms. The SMILES string of the molecule is C#CCOc1ccc(C2SC(C)=Nc3c2c(C)nn3-c2ccc(OC)cc2)cc1OC. The van der Waals surface area contributed by atoms with Crippen molar-refractivity contribution in [2.24, 2.45) is 4.99 Å². The van der Waals surface area contributed by atoms with Gasteiger partial charge in [0, 0.05) is 5.56 Å². The number of thioether (sulfide) groups is 1. The number of fused-ring (bicyclic) bond motifs is 1. The minimum absolute atomic E-state index is 0.0371. The molecular weight excluding hydrogens is 410 g/mol. The Morgan fingerprint density at radius 1 is 1.06 bits per heavy atom. The maximum atomic E-state index is 5.60. The lowest BCUT2D eigenvalue weighted by molar-refractivity contribution is 0.330. The summed E-state index contributed by atoms with van der Waals surface area (Å²) in [6.45, 7) is 4.23. The van der Waals surface area contributed by atoms with Gasteiger partial charge in [0.25, 0.3) is 0 Å². The van der Waals surface area contributed by atoms with Crippen molar-refractivity contribution in [1.82, 2.24) is 9.78 Å². The third kappa shape index (κ3) is 3.99. The van der Waals surface area contributed by atoms with E-state index in [4.69, 9.17) is 30.7 Å². The topological polar surface area (TPSA) is 57.9 Å². The largest absolute Gasteiger partial charge is 0.497 e. The van der Waals surface area contributed by atoms with E-state index < -0.39 is 0 Å². The summed E-state index contributed by atoms with van der Waals surface area (Å²) in [5.74, 6) is 5.40. The predicted molar refractivity (Wildman–Crippen MR) is 124 cm³/mol. The molecule has 2 aromatic carbocycles. The van der Waals surface area contributed by atoms with E-state index in [0.717, 1.165) is 39.1 Å². The highest BCUT2D eigenvalue weighted by Gasteiger charge is 2.30. The number of hydrogen-bond donors (Lipinski definition) is 0. The number of aromatic nitrogens is 2. The first-order valence-corrected chi connectivity index (χ1v) is 10.6. The van der Waals surface area contributed by atoms with E-state index in [0.29, 0.717) is 11.5 Å². The number of terminal acetylenes is 1. The van der Waals surface area contributed by atoms with Crippen LogP contribution in [0.4, 0.5) is 5.82 Å². The van der Waals surface area contributed by atoms with Crippen molar-refractivity contribution >= 4 is 22.6 Å². The van der Waals surface area contributed by atoms with Crippen molar-refractivity contribution in [3.05, 3.63) is 59.3 Å². The number of ether oxygens (including phenoxy) is 3. The van der Waals surface area contributed by atoms with Crippen LogP contribution in [0, 0.1) is 19.3 Å². The summed E-state index contributed by atoms with van der Waals surface area (Å²) in [4.78, 5) is 4.83. The zero-order chi connectivity index (χ0) is 22.0. The molecule has 0 fully saturated rings. The van der Waals surface area contributed by atoms with Crippen LogP contribution in [0.5, 0.6) is 17.2 Å². The van der Waals surface area contributed by atoms with Gasteiger partial charge in [0.2, 0.25) is 0 Å². The molecule has 0 N–H and O–H groups in total. The number of methoxy groups -OCH3 is 2. The molecule has 0 radical (unpaired) electrons. The van der Waals surface area contributed by atoms with Crippen molar-refractivity contribution in [3.8, 4) is 35.3 Å². The highest BCUT2D eigenvalue weighted by Crippen LogP contribution is 2.48. The van der Waals surface area contributed by atoms with Crippen LogP contribution in [0.25, 0.3) is 5.69 Å². The van der Waals surface area contributed by atoms with Gasteiger partial charge < -0.3 is 14.2 Å². The summed E-state index contributed by atoms with van der Waals surface area (Å²) in [5, 5.41) is 5.81. The molecule has 31 heavy (non-hydrogen) atoms. The van der Waals surface area contributed by atoms with Crippen LogP contribution in [0.15, 0.2) is 47.5 Å². The Morgan fingerprint density at radius 2 is 1.84 bits per heavy atom. The Balaban J connectivity index is 1.78. The van der Waals surface area contributed by atoms with E-state index in [1.165, 1.54) is 0 Å². The van der Waals surface area contributed by atoms with Gasteiger partial charge in [0.1, 0.15) is 12.4 Å². The fourth-order valence-electron chi connectivity index (χ4n) is 3.57. The summed E-state index contributed by atoms with van der Waals surface area (Å²) in [6, 6.07) is 13.7. The Labute approximate surface area is 186 Å². The van der Waals surface area contributed by atoms with Gasteiger partial charge in [0.05, 0.1) is 35.9 Å². The number of benzene rings is 2. The molecule has 1 unspecified atom stereocenters. The third-order valence-electron chi connectivity index (χ3n) is 5.01. The van der Waals surface area contributed by atoms with E-state index in [9.17, 15) is 0 Å². The van der Waals surface area contributed by atoms with Crippen LogP contribution < -0.4 is 14.2 Å². The van der Waals surface area contributed by atoms with Crippen molar-refractivity contribution in [2.75, 3.05) is 20.8 Å². The molecule has 158 valence electrons. The van der Waals surface area contributed by atoms with E-state index in [1.54, 1.807) is 26.0 Å². The highest BCUT2D eigenvalue weighted by molar-refractivity contribution is 8.14. The standard InChI is InChI=1S/C24H23N3O3S/c1-6-13-30-20-12-7-17(14-21(20)29-5)23-22-15(2)26-27(24(22)25-16(3)31-23)18-8-10-19(28-4)11-9-18/h1,7-12,14,23H,13H2,2-5H3. The van der Waals surface area contributed by atoms with Gasteiger partial charge in [-0.25, -0.2) is 9.67 Å². The lowest BCUT2D eigenvalue weighted by atomic mass is 10.0. The molecule has 6 nitrogen and oxygen atoms in total. The first-order chi connectivity index (χ1) is 15.0. The van der Waals surface area contributed by atoms with Gasteiger partial charge in [-0.1, -0.05) is 23.7 Å². The number of nitrogens with zero attached hydrogens (tertiary/aromatic N) is 3. The normalized spacial score (nSPS) is 14.9. The van der Waals surface area contributed by atoms with Gasteiger partial charge in [0.15, 0.2) is 17.3 Å². The maximum absolute atomic E-state index is 5.60.